The quantitative estimate of drug-likeness (QED) is 0.0406. The third kappa shape index (κ3) is 14.7. The second-order valence-corrected chi connectivity index (χ2v) is 22.2. The normalized spacial score (nSPS) is 12.2. The minimum Gasteiger partial charge on any atom is -0.508 e. The molecule has 0 unspecified atom stereocenters. The largest absolute Gasteiger partial charge is 0.508 e. The zero-order chi connectivity index (χ0) is 63.8. The summed E-state index contributed by atoms with van der Waals surface area (Å²) < 4.78 is 4.41. The fourth-order valence-corrected chi connectivity index (χ4v) is 10.2. The number of benzene rings is 6. The molecule has 6 aromatic carbocycles. The lowest BCUT2D eigenvalue weighted by Crippen LogP contribution is -2.29. The van der Waals surface area contributed by atoms with Gasteiger partial charge in [0, 0.05) is 55.2 Å². The first-order valence-corrected chi connectivity index (χ1v) is 28.7. The topological polar surface area (TPSA) is 337 Å². The third-order valence-corrected chi connectivity index (χ3v) is 14.8. The maximum absolute atomic E-state index is 12.8. The molecule has 1 fully saturated rings. The molecule has 3 aromatic heterocycles. The van der Waals surface area contributed by atoms with E-state index >= 15 is 0 Å². The molecule has 466 valence electrons. The number of hydrogen-bond donors (Lipinski definition) is 9. The van der Waals surface area contributed by atoms with Crippen LogP contribution in [-0.2, 0) is 6.54 Å². The van der Waals surface area contributed by atoms with E-state index in [-0.39, 0.29) is 106 Å². The van der Waals surface area contributed by atoms with Crippen molar-refractivity contribution in [2.45, 2.75) is 113 Å². The molecule has 0 saturated carbocycles. The van der Waals surface area contributed by atoms with Gasteiger partial charge in [-0.05, 0) is 159 Å². The standard InChI is InChI=1S/C26H33N5O3.C20H19N3O5.C19H19N3O4.CH4/c1-4-27-26(34)25-29-28-24(21-14-20(17(2)3)22(32)15-23(21)33)31(25)19-10-8-18(9-11-19)16-30-12-6-5-7-13-30;1-10(2)14-8-15(17(26)9-16(14)25)19-22-21-18(11(3)24)23(19)13-6-4-12(5-7-13)20(27)28;1-10(2)14-8-15(17(25)9-16(14)24)18-20-21-19(26)22(18)13-6-4-12(5-7-13)11(3)23;/h8-11,14-15,17,32-33H,4-7,12-13,16H2,1-3H3,(H,27,34);4-10,25-26H,1-3H3,(H,27,28);4-10,24-25H,1-3H3,(H,21,26);1H4. The Labute approximate surface area is 514 Å². The van der Waals surface area contributed by atoms with Crippen LogP contribution in [0.25, 0.3) is 51.2 Å². The van der Waals surface area contributed by atoms with Gasteiger partial charge in [-0.2, -0.15) is 5.10 Å². The fourth-order valence-electron chi connectivity index (χ4n) is 10.2. The molecule has 1 aliphatic heterocycles. The number of aromatic amines is 1. The lowest BCUT2D eigenvalue weighted by molar-refractivity contribution is 0.0696. The average Bonchev–Trinajstić information content (AvgIpc) is 1.79. The number of aromatic carboxylic acids is 1. The summed E-state index contributed by atoms with van der Waals surface area (Å²) in [4.78, 5) is 62.1. The van der Waals surface area contributed by atoms with Crippen LogP contribution in [0.15, 0.2) is 114 Å². The predicted octanol–water partition coefficient (Wildman–Crippen LogP) is 11.2. The molecule has 0 atom stereocenters. The molecule has 4 heterocycles. The summed E-state index contributed by atoms with van der Waals surface area (Å²) in [7, 11) is 0. The summed E-state index contributed by atoms with van der Waals surface area (Å²) in [6.07, 6.45) is 3.79. The molecule has 1 amide bonds. The van der Waals surface area contributed by atoms with E-state index in [9.17, 15) is 54.6 Å². The average molecular weight is 1210 g/mol. The van der Waals surface area contributed by atoms with Gasteiger partial charge in [0.1, 0.15) is 34.5 Å². The second-order valence-electron chi connectivity index (χ2n) is 22.2. The maximum atomic E-state index is 12.8. The van der Waals surface area contributed by atoms with Crippen molar-refractivity contribution in [3.63, 3.8) is 0 Å². The number of amides is 1. The monoisotopic (exact) mass is 1210 g/mol. The Morgan fingerprint density at radius 1 is 0.517 bits per heavy atom. The molecular formula is C66H75N11O12. The fraction of sp³-hybridized carbons (Fsp3) is 0.303. The SMILES string of the molecule is C.CC(=O)c1ccc(-n2c(-c3cc(C(C)C)c(O)cc3O)n[nH]c2=O)cc1.CC(=O)c1nnc(-c2cc(C(C)C)c(O)cc2O)n1-c1ccc(C(=O)O)cc1.CCNC(=O)c1nnc(-c2cc(C(C)C)c(O)cc2O)n1-c1ccc(CN2CCCCC2)cc1. The van der Waals surface area contributed by atoms with Gasteiger partial charge in [-0.15, -0.1) is 20.4 Å². The number of phenolic OH excluding ortho intramolecular Hbond substituents is 6. The lowest BCUT2D eigenvalue weighted by Gasteiger charge is -2.26. The number of carboxylic acid groups (broad SMARTS) is 1. The van der Waals surface area contributed by atoms with Crippen molar-refractivity contribution in [1.82, 2.24) is 54.5 Å². The first-order valence-electron chi connectivity index (χ1n) is 28.7. The van der Waals surface area contributed by atoms with Crippen LogP contribution in [0.4, 0.5) is 0 Å². The summed E-state index contributed by atoms with van der Waals surface area (Å²) in [5.74, 6) is -1.44. The van der Waals surface area contributed by atoms with Crippen molar-refractivity contribution in [2.24, 2.45) is 0 Å². The van der Waals surface area contributed by atoms with E-state index in [0.29, 0.717) is 62.7 Å². The Hall–Kier alpha value is -10.4. The summed E-state index contributed by atoms with van der Waals surface area (Å²) >= 11 is 0. The van der Waals surface area contributed by atoms with Crippen molar-refractivity contribution in [1.29, 1.82) is 0 Å². The molecule has 89 heavy (non-hydrogen) atoms. The van der Waals surface area contributed by atoms with E-state index in [1.165, 1.54) is 90.3 Å². The van der Waals surface area contributed by atoms with E-state index in [0.717, 1.165) is 25.3 Å². The van der Waals surface area contributed by atoms with Gasteiger partial charge in [-0.3, -0.25) is 28.4 Å². The van der Waals surface area contributed by atoms with Gasteiger partial charge in [0.2, 0.25) is 11.6 Å². The number of carboxylic acids is 1. The highest BCUT2D eigenvalue weighted by Gasteiger charge is 2.27. The van der Waals surface area contributed by atoms with E-state index in [2.05, 4.69) is 52.9 Å². The highest BCUT2D eigenvalue weighted by molar-refractivity contribution is 5.95. The van der Waals surface area contributed by atoms with Crippen molar-refractivity contribution in [3.05, 3.63) is 165 Å². The highest BCUT2D eigenvalue weighted by Crippen LogP contribution is 2.41. The number of phenols is 6. The number of nitrogens with one attached hydrogen (secondary N) is 2. The summed E-state index contributed by atoms with van der Waals surface area (Å²) in [5, 5.41) is 96.4. The number of nitrogens with zero attached hydrogens (tertiary/aromatic N) is 9. The van der Waals surface area contributed by atoms with Gasteiger partial charge in [0.05, 0.1) is 27.9 Å². The van der Waals surface area contributed by atoms with Crippen LogP contribution in [0.1, 0.15) is 171 Å². The number of carbonyl (C=O) groups excluding carboxylic acids is 3. The number of Topliss-reactive ketones (excluding diaryl/α,β-unsaturated/α-hetero) is 2. The Bertz CT molecular complexity index is 4080. The molecular weight excluding hydrogens is 1140 g/mol. The number of hydrogen-bond acceptors (Lipinski definition) is 17. The molecule has 23 nitrogen and oxygen atoms in total. The first-order chi connectivity index (χ1) is 41.9. The summed E-state index contributed by atoms with van der Waals surface area (Å²) in [5.41, 5.74) is 5.98. The van der Waals surface area contributed by atoms with Crippen molar-refractivity contribution < 1.29 is 54.9 Å². The molecule has 0 aliphatic carbocycles. The van der Waals surface area contributed by atoms with Gasteiger partial charge in [-0.25, -0.2) is 19.3 Å². The number of H-pyrrole nitrogens is 1. The Morgan fingerprint density at radius 3 is 1.34 bits per heavy atom. The molecule has 23 heteroatoms. The highest BCUT2D eigenvalue weighted by atomic mass is 16.4. The Morgan fingerprint density at radius 2 is 0.921 bits per heavy atom. The van der Waals surface area contributed by atoms with Crippen molar-refractivity contribution >= 4 is 23.4 Å². The van der Waals surface area contributed by atoms with Crippen LogP contribution in [0.2, 0.25) is 0 Å². The molecule has 1 saturated heterocycles. The van der Waals surface area contributed by atoms with Crippen LogP contribution in [0.5, 0.6) is 34.5 Å². The number of ketones is 2. The summed E-state index contributed by atoms with van der Waals surface area (Å²) in [6, 6.07) is 29.1. The van der Waals surface area contributed by atoms with E-state index in [1.54, 1.807) is 47.0 Å². The maximum Gasteiger partial charge on any atom is 0.348 e. The van der Waals surface area contributed by atoms with E-state index in [4.69, 9.17) is 5.11 Å². The van der Waals surface area contributed by atoms with Gasteiger partial charge < -0.3 is 41.1 Å². The summed E-state index contributed by atoms with van der Waals surface area (Å²) in [6.45, 7) is 19.8. The molecule has 9 aromatic rings. The number of rotatable bonds is 16. The number of aromatic nitrogens is 9. The number of carbonyl (C=O) groups is 4. The van der Waals surface area contributed by atoms with E-state index in [1.807, 2.05) is 60.6 Å². The van der Waals surface area contributed by atoms with Gasteiger partial charge in [0.15, 0.2) is 29.0 Å². The predicted molar refractivity (Wildman–Crippen MR) is 336 cm³/mol. The molecule has 9 N–H and O–H groups in total. The number of likely N-dealkylation sites (tertiary alicyclic amines) is 1. The molecule has 1 aliphatic rings. The molecule has 10 rings (SSSR count). The molecule has 0 spiro atoms. The lowest BCUT2D eigenvalue weighted by atomic mass is 9.98. The number of piperidine rings is 1. The van der Waals surface area contributed by atoms with Crippen LogP contribution in [-0.4, -0.2) is 128 Å². The first kappa shape index (κ1) is 66.1. The Kier molecular flexibility index (Phi) is 21.1. The van der Waals surface area contributed by atoms with Crippen LogP contribution < -0.4 is 11.0 Å². The minimum atomic E-state index is -1.07. The third-order valence-electron chi connectivity index (χ3n) is 14.8. The van der Waals surface area contributed by atoms with Crippen LogP contribution >= 0.6 is 0 Å². The van der Waals surface area contributed by atoms with E-state index < -0.39 is 11.7 Å². The zero-order valence-corrected chi connectivity index (χ0v) is 50.3. The van der Waals surface area contributed by atoms with Crippen LogP contribution in [0.3, 0.4) is 0 Å². The van der Waals surface area contributed by atoms with Crippen molar-refractivity contribution in [3.8, 4) is 85.7 Å². The molecule has 0 bridgehead atoms. The van der Waals surface area contributed by atoms with Crippen molar-refractivity contribution in [2.75, 3.05) is 19.6 Å². The second kappa shape index (κ2) is 28.4. The van der Waals surface area contributed by atoms with Gasteiger partial charge >= 0.3 is 11.7 Å². The Balaban J connectivity index is 0.000000191. The number of aromatic hydroxyl groups is 6. The minimum absolute atomic E-state index is 0. The van der Waals surface area contributed by atoms with Gasteiger partial charge in [-0.1, -0.05) is 67.5 Å². The smallest absolute Gasteiger partial charge is 0.348 e. The zero-order valence-electron chi connectivity index (χ0n) is 50.3. The van der Waals surface area contributed by atoms with Gasteiger partial charge in [0.25, 0.3) is 5.91 Å². The van der Waals surface area contributed by atoms with Crippen LogP contribution in [0, 0.1) is 0 Å². The molecule has 0 radical (unpaired) electrons.